The lowest BCUT2D eigenvalue weighted by Gasteiger charge is -2.07. The Kier molecular flexibility index (Phi) is 5.26. The van der Waals surface area contributed by atoms with E-state index in [1.165, 1.54) is 7.11 Å². The molecule has 1 saturated carbocycles. The third-order valence-electron chi connectivity index (χ3n) is 2.99. The maximum Gasteiger partial charge on any atom is 0.220 e. The molecule has 0 aliphatic heterocycles. The van der Waals surface area contributed by atoms with Gasteiger partial charge in [-0.15, -0.1) is 0 Å². The van der Waals surface area contributed by atoms with Crippen molar-refractivity contribution < 1.29 is 9.63 Å². The number of carbonyl (C=O) groups is 1. The maximum atomic E-state index is 11.7. The molecule has 20 heavy (non-hydrogen) atoms. The smallest absolute Gasteiger partial charge is 0.220 e. The number of nitrogens with zero attached hydrogens (tertiary/aromatic N) is 1. The number of carbonyl (C=O) groups excluding carboxylic acids is 1. The minimum absolute atomic E-state index is 0.0383. The van der Waals surface area contributed by atoms with E-state index in [1.54, 1.807) is 12.1 Å². The number of nitrogens with one attached hydrogen (secondary N) is 1. The molecule has 0 atom stereocenters. The molecule has 0 unspecified atom stereocenters. The van der Waals surface area contributed by atoms with Crippen LogP contribution in [-0.2, 0) is 9.63 Å². The molecule has 0 radical (unpaired) electrons. The van der Waals surface area contributed by atoms with Crippen LogP contribution in [0.1, 0.15) is 31.2 Å². The topological polar surface area (TPSA) is 50.7 Å². The van der Waals surface area contributed by atoms with E-state index in [-0.39, 0.29) is 5.91 Å². The van der Waals surface area contributed by atoms with Gasteiger partial charge in [-0.3, -0.25) is 4.79 Å². The van der Waals surface area contributed by atoms with Crippen LogP contribution in [0.15, 0.2) is 23.4 Å². The molecular weight excluding hydrogens is 299 g/mol. The zero-order valence-corrected chi connectivity index (χ0v) is 12.7. The van der Waals surface area contributed by atoms with Gasteiger partial charge < -0.3 is 10.2 Å². The normalized spacial score (nSPS) is 15.1. The molecule has 0 spiro atoms. The van der Waals surface area contributed by atoms with Crippen LogP contribution in [0.3, 0.4) is 0 Å². The highest BCUT2D eigenvalue weighted by atomic mass is 35.5. The number of benzene rings is 1. The standard InChI is InChI=1S/C14H16Cl2N2O2/c1-20-18-13(6-7-14(19)17-10-3-4-10)9-2-5-11(15)12(16)8-9/h2,5,8,10H,3-4,6-7H2,1H3,(H,17,19)/b18-13-. The van der Waals surface area contributed by atoms with Gasteiger partial charge in [-0.1, -0.05) is 34.4 Å². The molecule has 1 aromatic rings. The van der Waals surface area contributed by atoms with Crippen LogP contribution in [-0.4, -0.2) is 24.8 Å². The summed E-state index contributed by atoms with van der Waals surface area (Å²) in [4.78, 5) is 16.5. The van der Waals surface area contributed by atoms with Gasteiger partial charge in [0.05, 0.1) is 15.8 Å². The molecule has 0 saturated heterocycles. The zero-order chi connectivity index (χ0) is 14.5. The highest BCUT2D eigenvalue weighted by Gasteiger charge is 2.23. The summed E-state index contributed by atoms with van der Waals surface area (Å²) in [5.74, 6) is 0.0383. The molecule has 1 aliphatic rings. The predicted molar refractivity (Wildman–Crippen MR) is 80.4 cm³/mol. The molecule has 1 aromatic carbocycles. The molecule has 1 aliphatic carbocycles. The summed E-state index contributed by atoms with van der Waals surface area (Å²) >= 11 is 11.9. The minimum atomic E-state index is 0.0383. The van der Waals surface area contributed by atoms with Gasteiger partial charge >= 0.3 is 0 Å². The Morgan fingerprint density at radius 3 is 2.70 bits per heavy atom. The predicted octanol–water partition coefficient (Wildman–Crippen LogP) is 3.40. The molecular formula is C14H16Cl2N2O2. The van der Waals surface area contributed by atoms with E-state index in [4.69, 9.17) is 28.0 Å². The van der Waals surface area contributed by atoms with Crippen molar-refractivity contribution in [3.63, 3.8) is 0 Å². The van der Waals surface area contributed by atoms with E-state index >= 15 is 0 Å². The van der Waals surface area contributed by atoms with Crippen LogP contribution in [0.2, 0.25) is 10.0 Å². The number of amides is 1. The highest BCUT2D eigenvalue weighted by molar-refractivity contribution is 6.42. The summed E-state index contributed by atoms with van der Waals surface area (Å²) in [5, 5.41) is 7.85. The van der Waals surface area contributed by atoms with Crippen molar-refractivity contribution in [3.8, 4) is 0 Å². The van der Waals surface area contributed by atoms with Crippen molar-refractivity contribution in [3.05, 3.63) is 33.8 Å². The van der Waals surface area contributed by atoms with E-state index in [1.807, 2.05) is 6.07 Å². The van der Waals surface area contributed by atoms with Gasteiger partial charge in [-0.05, 0) is 25.0 Å². The lowest BCUT2D eigenvalue weighted by atomic mass is 10.1. The third-order valence-corrected chi connectivity index (χ3v) is 3.72. The second-order valence-electron chi connectivity index (χ2n) is 4.69. The largest absolute Gasteiger partial charge is 0.399 e. The summed E-state index contributed by atoms with van der Waals surface area (Å²) in [6, 6.07) is 5.61. The molecule has 1 amide bonds. The number of halogens is 2. The highest BCUT2D eigenvalue weighted by Crippen LogP contribution is 2.24. The van der Waals surface area contributed by atoms with Crippen LogP contribution in [0.25, 0.3) is 0 Å². The monoisotopic (exact) mass is 314 g/mol. The average Bonchev–Trinajstić information content (AvgIpc) is 3.22. The van der Waals surface area contributed by atoms with Gasteiger partial charge in [0.15, 0.2) is 0 Å². The summed E-state index contributed by atoms with van der Waals surface area (Å²) in [6.45, 7) is 0. The maximum absolute atomic E-state index is 11.7. The molecule has 0 aromatic heterocycles. The van der Waals surface area contributed by atoms with E-state index in [9.17, 15) is 4.79 Å². The Bertz CT molecular complexity index is 528. The fourth-order valence-electron chi connectivity index (χ4n) is 1.79. The summed E-state index contributed by atoms with van der Waals surface area (Å²) < 4.78 is 0. The van der Waals surface area contributed by atoms with Crippen molar-refractivity contribution in [2.75, 3.05) is 7.11 Å². The van der Waals surface area contributed by atoms with Gasteiger partial charge in [0.25, 0.3) is 0 Å². The van der Waals surface area contributed by atoms with Gasteiger partial charge in [0.1, 0.15) is 7.11 Å². The molecule has 0 bridgehead atoms. The van der Waals surface area contributed by atoms with Gasteiger partial charge in [-0.2, -0.15) is 0 Å². The molecule has 2 rings (SSSR count). The first-order valence-corrected chi connectivity index (χ1v) is 7.20. The Balaban J connectivity index is 2.00. The summed E-state index contributed by atoms with van der Waals surface area (Å²) in [6.07, 6.45) is 3.03. The zero-order valence-electron chi connectivity index (χ0n) is 11.2. The van der Waals surface area contributed by atoms with Crippen LogP contribution >= 0.6 is 23.2 Å². The van der Waals surface area contributed by atoms with Crippen LogP contribution < -0.4 is 5.32 Å². The Labute approximate surface area is 128 Å². The Morgan fingerprint density at radius 1 is 1.35 bits per heavy atom. The lowest BCUT2D eigenvalue weighted by molar-refractivity contribution is -0.121. The quantitative estimate of drug-likeness (QED) is 0.646. The van der Waals surface area contributed by atoms with Crippen molar-refractivity contribution in [2.45, 2.75) is 31.7 Å². The number of rotatable bonds is 6. The van der Waals surface area contributed by atoms with Gasteiger partial charge in [0.2, 0.25) is 5.91 Å². The fraction of sp³-hybridized carbons (Fsp3) is 0.429. The fourth-order valence-corrected chi connectivity index (χ4v) is 2.09. The SMILES string of the molecule is CO/N=C(/CCC(=O)NC1CC1)c1ccc(Cl)c(Cl)c1. The number of hydrogen-bond acceptors (Lipinski definition) is 3. The van der Waals surface area contributed by atoms with E-state index in [0.717, 1.165) is 18.4 Å². The van der Waals surface area contributed by atoms with Crippen molar-refractivity contribution in [2.24, 2.45) is 5.16 Å². The second kappa shape index (κ2) is 6.95. The van der Waals surface area contributed by atoms with E-state index < -0.39 is 0 Å². The van der Waals surface area contributed by atoms with Crippen molar-refractivity contribution >= 4 is 34.8 Å². The van der Waals surface area contributed by atoms with Crippen molar-refractivity contribution in [1.29, 1.82) is 0 Å². The Morgan fingerprint density at radius 2 is 2.10 bits per heavy atom. The lowest BCUT2D eigenvalue weighted by Crippen LogP contribution is -2.25. The summed E-state index contributed by atoms with van der Waals surface area (Å²) in [7, 11) is 1.47. The van der Waals surface area contributed by atoms with Crippen LogP contribution in [0.4, 0.5) is 0 Å². The minimum Gasteiger partial charge on any atom is -0.399 e. The molecule has 0 heterocycles. The van der Waals surface area contributed by atoms with Crippen LogP contribution in [0.5, 0.6) is 0 Å². The molecule has 108 valence electrons. The van der Waals surface area contributed by atoms with E-state index in [0.29, 0.717) is 34.6 Å². The first-order chi connectivity index (χ1) is 9.60. The van der Waals surface area contributed by atoms with Gasteiger partial charge in [0, 0.05) is 24.4 Å². The average molecular weight is 315 g/mol. The first-order valence-electron chi connectivity index (χ1n) is 6.45. The molecule has 1 fully saturated rings. The molecule has 6 heteroatoms. The number of oxime groups is 1. The van der Waals surface area contributed by atoms with Crippen LogP contribution in [0, 0.1) is 0 Å². The van der Waals surface area contributed by atoms with Crippen molar-refractivity contribution in [1.82, 2.24) is 5.32 Å². The molecule has 4 nitrogen and oxygen atoms in total. The first kappa shape index (κ1) is 15.1. The Hall–Kier alpha value is -1.26. The second-order valence-corrected chi connectivity index (χ2v) is 5.51. The third kappa shape index (κ3) is 4.39. The number of hydrogen-bond donors (Lipinski definition) is 1. The summed E-state index contributed by atoms with van der Waals surface area (Å²) in [5.41, 5.74) is 1.48. The van der Waals surface area contributed by atoms with Gasteiger partial charge in [-0.25, -0.2) is 0 Å². The van der Waals surface area contributed by atoms with E-state index in [2.05, 4.69) is 10.5 Å². The molecule has 1 N–H and O–H groups in total.